The molecule has 5 unspecified atom stereocenters. The smallest absolute Gasteiger partial charge is 0.229 e. The lowest BCUT2D eigenvalue weighted by molar-refractivity contribution is -0.147. The van der Waals surface area contributed by atoms with Crippen LogP contribution in [0, 0.1) is 23.2 Å². The standard InChI is InChI=1S/C22H32N2O.ClH/c1-16(23)19-8-5-11-24(15-19)21(25)22(13-17-6-3-2-4-7-17)14-18-9-10-20(22)12-18;/h2-4,6-7,16,18-20H,5,8-15,23H2,1H3;1H. The number of hydrogen-bond donors (Lipinski definition) is 1. The van der Waals surface area contributed by atoms with Gasteiger partial charge in [0.2, 0.25) is 5.91 Å². The summed E-state index contributed by atoms with van der Waals surface area (Å²) in [5.74, 6) is 2.26. The summed E-state index contributed by atoms with van der Waals surface area (Å²) >= 11 is 0. The Hall–Kier alpha value is -1.06. The number of likely N-dealkylation sites (tertiary alicyclic amines) is 1. The first-order valence-electron chi connectivity index (χ1n) is 10.2. The molecule has 0 aromatic heterocycles. The fraction of sp³-hybridized carbons (Fsp3) is 0.682. The molecule has 2 bridgehead atoms. The van der Waals surface area contributed by atoms with Crippen LogP contribution in [-0.2, 0) is 11.2 Å². The second kappa shape index (κ2) is 7.90. The summed E-state index contributed by atoms with van der Waals surface area (Å²) in [5.41, 5.74) is 7.34. The third kappa shape index (κ3) is 3.53. The largest absolute Gasteiger partial charge is 0.342 e. The Morgan fingerprint density at radius 2 is 2.04 bits per heavy atom. The van der Waals surface area contributed by atoms with E-state index < -0.39 is 0 Å². The van der Waals surface area contributed by atoms with Gasteiger partial charge in [0.1, 0.15) is 0 Å². The molecule has 1 aromatic rings. The first kappa shape index (κ1) is 19.7. The van der Waals surface area contributed by atoms with Crippen LogP contribution >= 0.6 is 12.4 Å². The number of carbonyl (C=O) groups excluding carboxylic acids is 1. The molecule has 0 spiro atoms. The van der Waals surface area contributed by atoms with Crippen LogP contribution in [0.3, 0.4) is 0 Å². The third-order valence-electron chi connectivity index (χ3n) is 7.25. The SMILES string of the molecule is CC(N)C1CCCN(C(=O)C2(Cc3ccccc3)CC3CCC2C3)C1.Cl. The number of benzene rings is 1. The summed E-state index contributed by atoms with van der Waals surface area (Å²) in [6.45, 7) is 3.89. The first-order valence-corrected chi connectivity index (χ1v) is 10.2. The molecular weight excluding hydrogens is 344 g/mol. The zero-order valence-corrected chi connectivity index (χ0v) is 16.7. The molecule has 1 saturated heterocycles. The van der Waals surface area contributed by atoms with Crippen molar-refractivity contribution in [1.29, 1.82) is 0 Å². The fourth-order valence-corrected chi connectivity index (χ4v) is 5.90. The number of piperidine rings is 1. The average molecular weight is 377 g/mol. The molecule has 4 heteroatoms. The van der Waals surface area contributed by atoms with Gasteiger partial charge < -0.3 is 10.6 Å². The van der Waals surface area contributed by atoms with Gasteiger partial charge in [-0.1, -0.05) is 36.8 Å². The van der Waals surface area contributed by atoms with E-state index in [4.69, 9.17) is 5.73 Å². The van der Waals surface area contributed by atoms with Gasteiger partial charge in [0.05, 0.1) is 5.41 Å². The third-order valence-corrected chi connectivity index (χ3v) is 7.25. The van der Waals surface area contributed by atoms with Gasteiger partial charge in [-0.2, -0.15) is 0 Å². The van der Waals surface area contributed by atoms with Crippen LogP contribution < -0.4 is 5.73 Å². The topological polar surface area (TPSA) is 46.3 Å². The molecule has 26 heavy (non-hydrogen) atoms. The van der Waals surface area contributed by atoms with Crippen LogP contribution in [0.15, 0.2) is 30.3 Å². The Labute approximate surface area is 164 Å². The van der Waals surface area contributed by atoms with Crippen LogP contribution in [0.5, 0.6) is 0 Å². The van der Waals surface area contributed by atoms with Crippen LogP contribution in [0.2, 0.25) is 0 Å². The fourth-order valence-electron chi connectivity index (χ4n) is 5.90. The van der Waals surface area contributed by atoms with Crippen molar-refractivity contribution in [3.8, 4) is 0 Å². The Kier molecular flexibility index (Phi) is 5.98. The van der Waals surface area contributed by atoms with Crippen molar-refractivity contribution in [2.45, 2.75) is 57.9 Å². The van der Waals surface area contributed by atoms with E-state index in [1.165, 1.54) is 31.2 Å². The summed E-state index contributed by atoms with van der Waals surface area (Å²) in [5, 5.41) is 0. The van der Waals surface area contributed by atoms with Gasteiger partial charge in [0.15, 0.2) is 0 Å². The van der Waals surface area contributed by atoms with Crippen molar-refractivity contribution in [3.05, 3.63) is 35.9 Å². The van der Waals surface area contributed by atoms with Crippen LogP contribution in [0.4, 0.5) is 0 Å². The second-order valence-corrected chi connectivity index (χ2v) is 8.91. The van der Waals surface area contributed by atoms with E-state index in [1.54, 1.807) is 0 Å². The molecule has 4 rings (SSSR count). The Morgan fingerprint density at radius 3 is 2.65 bits per heavy atom. The maximum Gasteiger partial charge on any atom is 0.229 e. The highest BCUT2D eigenvalue weighted by atomic mass is 35.5. The maximum atomic E-state index is 13.8. The van der Waals surface area contributed by atoms with Crippen LogP contribution in [0.25, 0.3) is 0 Å². The summed E-state index contributed by atoms with van der Waals surface area (Å²) in [6, 6.07) is 10.8. The van der Waals surface area contributed by atoms with Gasteiger partial charge >= 0.3 is 0 Å². The minimum absolute atomic E-state index is 0. The van der Waals surface area contributed by atoms with Crippen molar-refractivity contribution in [2.24, 2.45) is 28.9 Å². The highest BCUT2D eigenvalue weighted by Crippen LogP contribution is 2.58. The van der Waals surface area contributed by atoms with Crippen molar-refractivity contribution in [2.75, 3.05) is 13.1 Å². The zero-order chi connectivity index (χ0) is 17.4. The van der Waals surface area contributed by atoms with Crippen molar-refractivity contribution >= 4 is 18.3 Å². The quantitative estimate of drug-likeness (QED) is 0.861. The Bertz CT molecular complexity index is 620. The van der Waals surface area contributed by atoms with E-state index in [0.717, 1.165) is 38.3 Å². The van der Waals surface area contributed by atoms with E-state index in [2.05, 4.69) is 42.2 Å². The average Bonchev–Trinajstić information content (AvgIpc) is 3.23. The van der Waals surface area contributed by atoms with E-state index >= 15 is 0 Å². The summed E-state index contributed by atoms with van der Waals surface area (Å²) in [6.07, 6.45) is 8.14. The summed E-state index contributed by atoms with van der Waals surface area (Å²) in [4.78, 5) is 16.0. The van der Waals surface area contributed by atoms with Crippen LogP contribution in [0.1, 0.15) is 51.0 Å². The lowest BCUT2D eigenvalue weighted by Crippen LogP contribution is -2.53. The van der Waals surface area contributed by atoms with E-state index in [9.17, 15) is 4.79 Å². The van der Waals surface area contributed by atoms with Crippen molar-refractivity contribution < 1.29 is 4.79 Å². The van der Waals surface area contributed by atoms with Crippen molar-refractivity contribution in [1.82, 2.24) is 4.90 Å². The molecule has 1 amide bonds. The van der Waals surface area contributed by atoms with E-state index in [1.807, 2.05) is 0 Å². The van der Waals surface area contributed by atoms with Gasteiger partial charge in [-0.15, -0.1) is 12.4 Å². The second-order valence-electron chi connectivity index (χ2n) is 8.91. The number of halogens is 1. The van der Waals surface area contributed by atoms with Crippen molar-refractivity contribution in [3.63, 3.8) is 0 Å². The number of rotatable bonds is 4. The van der Waals surface area contributed by atoms with E-state index in [0.29, 0.717) is 17.7 Å². The Morgan fingerprint density at radius 1 is 1.27 bits per heavy atom. The molecule has 5 atom stereocenters. The lowest BCUT2D eigenvalue weighted by Gasteiger charge is -2.43. The highest BCUT2D eigenvalue weighted by molar-refractivity contribution is 5.85. The number of hydrogen-bond acceptors (Lipinski definition) is 2. The van der Waals surface area contributed by atoms with Gasteiger partial charge in [-0.05, 0) is 68.8 Å². The number of carbonyl (C=O) groups is 1. The van der Waals surface area contributed by atoms with Crippen LogP contribution in [-0.4, -0.2) is 29.9 Å². The normalized spacial score (nSPS) is 34.4. The van der Waals surface area contributed by atoms with E-state index in [-0.39, 0.29) is 23.9 Å². The molecule has 3 aliphatic rings. The minimum Gasteiger partial charge on any atom is -0.342 e. The molecule has 3 nitrogen and oxygen atoms in total. The lowest BCUT2D eigenvalue weighted by atomic mass is 9.68. The molecule has 2 saturated carbocycles. The minimum atomic E-state index is -0.149. The number of amides is 1. The number of fused-ring (bicyclic) bond motifs is 2. The molecule has 1 aromatic carbocycles. The maximum absolute atomic E-state index is 13.8. The number of nitrogens with two attached hydrogens (primary N) is 1. The predicted octanol–water partition coefficient (Wildman–Crippen LogP) is 4.04. The Balaban J connectivity index is 0.00000196. The summed E-state index contributed by atoms with van der Waals surface area (Å²) < 4.78 is 0. The molecule has 3 fully saturated rings. The molecule has 2 aliphatic carbocycles. The molecule has 144 valence electrons. The zero-order valence-electron chi connectivity index (χ0n) is 15.9. The molecule has 2 N–H and O–H groups in total. The van der Waals surface area contributed by atoms with Gasteiger partial charge in [-0.3, -0.25) is 4.79 Å². The highest BCUT2D eigenvalue weighted by Gasteiger charge is 2.56. The molecule has 1 aliphatic heterocycles. The number of nitrogens with zero attached hydrogens (tertiary/aromatic N) is 1. The molecule has 0 radical (unpaired) electrons. The first-order chi connectivity index (χ1) is 12.1. The van der Waals surface area contributed by atoms with Gasteiger partial charge in [-0.25, -0.2) is 0 Å². The summed E-state index contributed by atoms with van der Waals surface area (Å²) in [7, 11) is 0. The van der Waals surface area contributed by atoms with Gasteiger partial charge in [0, 0.05) is 19.1 Å². The monoisotopic (exact) mass is 376 g/mol. The molecule has 1 heterocycles. The predicted molar refractivity (Wildman–Crippen MR) is 108 cm³/mol. The molecular formula is C22H33ClN2O. The van der Waals surface area contributed by atoms with Gasteiger partial charge in [0.25, 0.3) is 0 Å².